The number of carbonyl (C=O) groups is 1. The van der Waals surface area contributed by atoms with Crippen LogP contribution >= 0.6 is 22.6 Å². The average molecular weight is 375 g/mol. The molecule has 0 bridgehead atoms. The molecule has 104 valence electrons. The highest BCUT2D eigenvalue weighted by molar-refractivity contribution is 14.1. The van der Waals surface area contributed by atoms with Crippen molar-refractivity contribution in [2.45, 2.75) is 19.1 Å². The van der Waals surface area contributed by atoms with Crippen molar-refractivity contribution >= 4 is 28.5 Å². The molecule has 2 atom stereocenters. The van der Waals surface area contributed by atoms with Crippen LogP contribution in [0.1, 0.15) is 15.9 Å². The molecule has 0 aliphatic carbocycles. The van der Waals surface area contributed by atoms with E-state index in [0.717, 1.165) is 14.7 Å². The van der Waals surface area contributed by atoms with Crippen molar-refractivity contribution < 1.29 is 14.3 Å². The van der Waals surface area contributed by atoms with Gasteiger partial charge >= 0.3 is 0 Å². The minimum atomic E-state index is -0.0450. The van der Waals surface area contributed by atoms with Crippen molar-refractivity contribution in [1.82, 2.24) is 4.90 Å². The zero-order chi connectivity index (χ0) is 14.0. The molecule has 5 heteroatoms. The molecule has 1 saturated heterocycles. The van der Waals surface area contributed by atoms with Crippen LogP contribution in [0.3, 0.4) is 0 Å². The summed E-state index contributed by atoms with van der Waals surface area (Å²) in [5, 5.41) is 0. The Morgan fingerprint density at radius 2 is 1.84 bits per heavy atom. The van der Waals surface area contributed by atoms with Crippen molar-refractivity contribution in [3.63, 3.8) is 0 Å². The number of rotatable bonds is 3. The number of halogens is 1. The van der Waals surface area contributed by atoms with Crippen LogP contribution in [0.15, 0.2) is 18.2 Å². The van der Waals surface area contributed by atoms with Gasteiger partial charge in [-0.15, -0.1) is 0 Å². The number of aryl methyl sites for hydroxylation is 1. The van der Waals surface area contributed by atoms with Gasteiger partial charge in [-0.25, -0.2) is 0 Å². The van der Waals surface area contributed by atoms with Crippen LogP contribution in [0, 0.1) is 10.5 Å². The maximum absolute atomic E-state index is 12.6. The number of amides is 1. The minimum Gasteiger partial charge on any atom is -0.377 e. The molecule has 1 aliphatic rings. The fourth-order valence-corrected chi connectivity index (χ4v) is 2.94. The Balaban J connectivity index is 2.19. The topological polar surface area (TPSA) is 38.8 Å². The van der Waals surface area contributed by atoms with E-state index in [1.165, 1.54) is 0 Å². The van der Waals surface area contributed by atoms with Gasteiger partial charge in [0.15, 0.2) is 0 Å². The van der Waals surface area contributed by atoms with Crippen molar-refractivity contribution in [3.05, 3.63) is 32.9 Å². The Morgan fingerprint density at radius 1 is 1.26 bits per heavy atom. The molecule has 4 nitrogen and oxygen atoms in total. The van der Waals surface area contributed by atoms with Gasteiger partial charge in [-0.3, -0.25) is 4.79 Å². The van der Waals surface area contributed by atoms with E-state index in [0.29, 0.717) is 13.1 Å². The first kappa shape index (κ1) is 14.7. The second-order valence-electron chi connectivity index (χ2n) is 4.69. The molecule has 2 rings (SSSR count). The zero-order valence-corrected chi connectivity index (χ0v) is 13.5. The van der Waals surface area contributed by atoms with Crippen molar-refractivity contribution in [2.24, 2.45) is 0 Å². The van der Waals surface area contributed by atoms with Gasteiger partial charge in [0.05, 0.1) is 5.56 Å². The number of hydrogen-bond donors (Lipinski definition) is 0. The first-order valence-electron chi connectivity index (χ1n) is 6.18. The van der Waals surface area contributed by atoms with Crippen LogP contribution in [0.5, 0.6) is 0 Å². The fourth-order valence-electron chi connectivity index (χ4n) is 2.35. The number of nitrogens with zero attached hydrogens (tertiary/aromatic N) is 1. The Kier molecular flexibility index (Phi) is 4.81. The number of methoxy groups -OCH3 is 2. The van der Waals surface area contributed by atoms with Crippen LogP contribution in [-0.4, -0.2) is 50.3 Å². The van der Waals surface area contributed by atoms with Gasteiger partial charge in [-0.2, -0.15) is 0 Å². The van der Waals surface area contributed by atoms with Gasteiger partial charge in [0.25, 0.3) is 5.91 Å². The molecule has 2 unspecified atom stereocenters. The second-order valence-corrected chi connectivity index (χ2v) is 5.77. The maximum Gasteiger partial charge on any atom is 0.255 e. The SMILES string of the molecule is COC1CN(C(=O)c2cccc(C)c2I)CC1OC. The Morgan fingerprint density at radius 3 is 2.37 bits per heavy atom. The van der Waals surface area contributed by atoms with Crippen LogP contribution in [0.25, 0.3) is 0 Å². The summed E-state index contributed by atoms with van der Waals surface area (Å²) in [7, 11) is 3.31. The van der Waals surface area contributed by atoms with E-state index in [4.69, 9.17) is 9.47 Å². The first-order chi connectivity index (χ1) is 9.08. The predicted molar refractivity (Wildman–Crippen MR) is 81.4 cm³/mol. The van der Waals surface area contributed by atoms with E-state index in [9.17, 15) is 4.79 Å². The number of carbonyl (C=O) groups excluding carboxylic acids is 1. The van der Waals surface area contributed by atoms with Crippen molar-refractivity contribution in [1.29, 1.82) is 0 Å². The maximum atomic E-state index is 12.6. The molecule has 0 radical (unpaired) electrons. The number of likely N-dealkylation sites (tertiary alicyclic amines) is 1. The predicted octanol–water partition coefficient (Wildman–Crippen LogP) is 2.09. The Hall–Kier alpha value is -0.660. The monoisotopic (exact) mass is 375 g/mol. The van der Waals surface area contributed by atoms with Gasteiger partial charge in [0, 0.05) is 30.9 Å². The van der Waals surface area contributed by atoms with Crippen molar-refractivity contribution in [3.8, 4) is 0 Å². The van der Waals surface area contributed by atoms with Gasteiger partial charge in [-0.05, 0) is 41.1 Å². The first-order valence-corrected chi connectivity index (χ1v) is 7.26. The summed E-state index contributed by atoms with van der Waals surface area (Å²) in [5.74, 6) is 0.0506. The lowest BCUT2D eigenvalue weighted by molar-refractivity contribution is -0.00461. The largest absolute Gasteiger partial charge is 0.377 e. The van der Waals surface area contributed by atoms with E-state index < -0.39 is 0 Å². The Labute approximate surface area is 127 Å². The molecule has 0 N–H and O–H groups in total. The second kappa shape index (κ2) is 6.19. The summed E-state index contributed by atoms with van der Waals surface area (Å²) in [6.07, 6.45) is -0.0900. The van der Waals surface area contributed by atoms with Gasteiger partial charge in [0.1, 0.15) is 12.2 Å². The van der Waals surface area contributed by atoms with Crippen LogP contribution in [0.2, 0.25) is 0 Å². The van der Waals surface area contributed by atoms with Gasteiger partial charge < -0.3 is 14.4 Å². The van der Waals surface area contributed by atoms with E-state index in [-0.39, 0.29) is 18.1 Å². The highest BCUT2D eigenvalue weighted by Gasteiger charge is 2.36. The molecule has 1 aliphatic heterocycles. The summed E-state index contributed by atoms with van der Waals surface area (Å²) in [6, 6.07) is 5.81. The van der Waals surface area contributed by atoms with Crippen LogP contribution in [0.4, 0.5) is 0 Å². The lowest BCUT2D eigenvalue weighted by atomic mass is 10.1. The quantitative estimate of drug-likeness (QED) is 0.760. The van der Waals surface area contributed by atoms with E-state index in [2.05, 4.69) is 22.6 Å². The standard InChI is InChI=1S/C14H18INO3/c1-9-5-4-6-10(13(9)15)14(17)16-7-11(18-2)12(8-16)19-3/h4-6,11-12H,7-8H2,1-3H3. The molecular weight excluding hydrogens is 357 g/mol. The summed E-state index contributed by atoms with van der Waals surface area (Å²) >= 11 is 2.23. The van der Waals surface area contributed by atoms with E-state index in [1.807, 2.05) is 25.1 Å². The van der Waals surface area contributed by atoms with Gasteiger partial charge in [-0.1, -0.05) is 12.1 Å². The third kappa shape index (κ3) is 2.93. The molecule has 0 saturated carbocycles. The van der Waals surface area contributed by atoms with Gasteiger partial charge in [0.2, 0.25) is 0 Å². The zero-order valence-electron chi connectivity index (χ0n) is 11.4. The third-order valence-corrected chi connectivity index (χ3v) is 4.96. The highest BCUT2D eigenvalue weighted by atomic mass is 127. The van der Waals surface area contributed by atoms with E-state index in [1.54, 1.807) is 19.1 Å². The molecular formula is C14H18INO3. The highest BCUT2D eigenvalue weighted by Crippen LogP contribution is 2.22. The fraction of sp³-hybridized carbons (Fsp3) is 0.500. The summed E-state index contributed by atoms with van der Waals surface area (Å²) in [4.78, 5) is 14.4. The molecule has 1 heterocycles. The average Bonchev–Trinajstić information content (AvgIpc) is 2.84. The van der Waals surface area contributed by atoms with Crippen molar-refractivity contribution in [2.75, 3.05) is 27.3 Å². The molecule has 19 heavy (non-hydrogen) atoms. The van der Waals surface area contributed by atoms with Crippen LogP contribution in [-0.2, 0) is 9.47 Å². The molecule has 1 aromatic carbocycles. The Bertz CT molecular complexity index is 466. The molecule has 1 aromatic rings. The summed E-state index contributed by atoms with van der Waals surface area (Å²) < 4.78 is 11.7. The smallest absolute Gasteiger partial charge is 0.255 e. The number of benzene rings is 1. The third-order valence-electron chi connectivity index (χ3n) is 3.53. The molecule has 1 fully saturated rings. The molecule has 1 amide bonds. The molecule has 0 aromatic heterocycles. The normalized spacial score (nSPS) is 22.8. The minimum absolute atomic E-state index is 0.0450. The molecule has 0 spiro atoms. The summed E-state index contributed by atoms with van der Waals surface area (Å²) in [6.45, 7) is 3.17. The number of ether oxygens (including phenoxy) is 2. The lowest BCUT2D eigenvalue weighted by Crippen LogP contribution is -2.30. The summed E-state index contributed by atoms with van der Waals surface area (Å²) in [5.41, 5.74) is 1.88. The van der Waals surface area contributed by atoms with Crippen LogP contribution < -0.4 is 0 Å². The lowest BCUT2D eigenvalue weighted by Gasteiger charge is -2.17. The number of hydrogen-bond acceptors (Lipinski definition) is 3. The van der Waals surface area contributed by atoms with E-state index >= 15 is 0 Å².